The van der Waals surface area contributed by atoms with Crippen LogP contribution in [-0.2, 0) is 30.2 Å². The lowest BCUT2D eigenvalue weighted by Gasteiger charge is -2.37. The SMILES string of the molecule is CC(C(OC(=O)ON1C(=O)CCC1=O)C(C)(C)CCN=[N+]=[N-])S(=O)[O-]. The van der Waals surface area contributed by atoms with Gasteiger partial charge in [-0.05, 0) is 30.0 Å². The molecule has 0 spiro atoms. The molecule has 0 saturated carbocycles. The summed E-state index contributed by atoms with van der Waals surface area (Å²) in [5, 5.41) is 2.60. The van der Waals surface area contributed by atoms with Crippen molar-refractivity contribution >= 4 is 29.1 Å². The van der Waals surface area contributed by atoms with Gasteiger partial charge >= 0.3 is 6.16 Å². The van der Waals surface area contributed by atoms with E-state index in [1.807, 2.05) is 0 Å². The minimum absolute atomic E-state index is 0.0692. The standard InChI is InChI=1S/C13H20N4O7S/c1-8(25(21)22)11(13(2,3)6-7-15-16-14)23-12(20)24-17-9(18)4-5-10(17)19/h8,11H,4-7H2,1-3H3,(H,21,22)/p-1. The molecule has 1 saturated heterocycles. The highest BCUT2D eigenvalue weighted by Gasteiger charge is 2.40. The highest BCUT2D eigenvalue weighted by Crippen LogP contribution is 2.32. The van der Waals surface area contributed by atoms with Crippen molar-refractivity contribution in [2.45, 2.75) is 51.4 Å². The van der Waals surface area contributed by atoms with E-state index in [1.165, 1.54) is 6.92 Å². The van der Waals surface area contributed by atoms with Gasteiger partial charge in [-0.3, -0.25) is 18.6 Å². The second-order valence-electron chi connectivity index (χ2n) is 6.12. The Morgan fingerprint density at radius 2 is 2.00 bits per heavy atom. The third-order valence-electron chi connectivity index (χ3n) is 3.81. The predicted octanol–water partition coefficient (Wildman–Crippen LogP) is 1.57. The van der Waals surface area contributed by atoms with Gasteiger partial charge in [-0.15, -0.1) is 0 Å². The van der Waals surface area contributed by atoms with E-state index in [1.54, 1.807) is 13.8 Å². The third-order valence-corrected chi connectivity index (χ3v) is 4.67. The van der Waals surface area contributed by atoms with Gasteiger partial charge < -0.3 is 9.29 Å². The van der Waals surface area contributed by atoms with Crippen molar-refractivity contribution < 1.29 is 32.7 Å². The predicted molar refractivity (Wildman–Crippen MR) is 83.2 cm³/mol. The summed E-state index contributed by atoms with van der Waals surface area (Å²) in [5.41, 5.74) is 7.46. The third kappa shape index (κ3) is 5.69. The first-order chi connectivity index (χ1) is 11.6. The van der Waals surface area contributed by atoms with E-state index in [0.717, 1.165) is 0 Å². The molecule has 1 rings (SSSR count). The van der Waals surface area contributed by atoms with Crippen LogP contribution >= 0.6 is 0 Å². The average Bonchev–Trinajstić information content (AvgIpc) is 2.83. The minimum atomic E-state index is -2.56. The van der Waals surface area contributed by atoms with E-state index < -0.39 is 45.8 Å². The van der Waals surface area contributed by atoms with Gasteiger partial charge in [-0.2, -0.15) is 0 Å². The van der Waals surface area contributed by atoms with Crippen LogP contribution in [0.25, 0.3) is 10.4 Å². The molecular formula is C13H19N4O7S-. The van der Waals surface area contributed by atoms with Crippen LogP contribution in [0.3, 0.4) is 0 Å². The van der Waals surface area contributed by atoms with Gasteiger partial charge in [0.2, 0.25) is 0 Å². The molecule has 1 fully saturated rings. The summed E-state index contributed by atoms with van der Waals surface area (Å²) >= 11 is -2.56. The summed E-state index contributed by atoms with van der Waals surface area (Å²) in [6.45, 7) is 4.67. The fourth-order valence-electron chi connectivity index (χ4n) is 2.37. The van der Waals surface area contributed by atoms with Crippen LogP contribution < -0.4 is 0 Å². The summed E-state index contributed by atoms with van der Waals surface area (Å²) in [5.74, 6) is -1.36. The average molecular weight is 375 g/mol. The molecule has 3 atom stereocenters. The molecule has 1 aliphatic rings. The first-order valence-electron chi connectivity index (χ1n) is 7.43. The fraction of sp³-hybridized carbons (Fsp3) is 0.769. The first-order valence-corrected chi connectivity index (χ1v) is 8.57. The Bertz CT molecular complexity index is 601. The number of ether oxygens (including phenoxy) is 1. The Morgan fingerprint density at radius 3 is 2.48 bits per heavy atom. The maximum atomic E-state index is 11.9. The molecule has 3 unspecified atom stereocenters. The van der Waals surface area contributed by atoms with Crippen LogP contribution in [0.2, 0.25) is 0 Å². The maximum absolute atomic E-state index is 11.9. The number of azide groups is 1. The van der Waals surface area contributed by atoms with E-state index in [0.29, 0.717) is 5.06 Å². The lowest BCUT2D eigenvalue weighted by molar-refractivity contribution is -0.180. The van der Waals surface area contributed by atoms with Gasteiger partial charge in [0.05, 0.1) is 5.25 Å². The molecule has 0 bridgehead atoms. The number of nitrogens with zero attached hydrogens (tertiary/aromatic N) is 4. The van der Waals surface area contributed by atoms with Crippen molar-refractivity contribution in [2.24, 2.45) is 10.5 Å². The van der Waals surface area contributed by atoms with Crippen LogP contribution in [0.4, 0.5) is 4.79 Å². The lowest BCUT2D eigenvalue weighted by Crippen LogP contribution is -2.45. The minimum Gasteiger partial charge on any atom is -0.772 e. The Kier molecular flexibility index (Phi) is 7.34. The number of amides is 2. The number of carbonyl (C=O) groups excluding carboxylic acids is 3. The topological polar surface area (TPSA) is 162 Å². The van der Waals surface area contributed by atoms with Crippen molar-refractivity contribution in [1.29, 1.82) is 0 Å². The van der Waals surface area contributed by atoms with E-state index in [2.05, 4.69) is 14.9 Å². The molecule has 1 aliphatic heterocycles. The molecule has 0 aliphatic carbocycles. The quantitative estimate of drug-likeness (QED) is 0.155. The summed E-state index contributed by atoms with van der Waals surface area (Å²) in [4.78, 5) is 42.0. The molecule has 25 heavy (non-hydrogen) atoms. The summed E-state index contributed by atoms with van der Waals surface area (Å²) in [6.07, 6.45) is -2.43. The number of rotatable bonds is 8. The van der Waals surface area contributed by atoms with Crippen molar-refractivity contribution in [3.8, 4) is 0 Å². The van der Waals surface area contributed by atoms with Crippen LogP contribution in [0.15, 0.2) is 5.11 Å². The number of hydroxylamine groups is 2. The van der Waals surface area contributed by atoms with Gasteiger partial charge in [0.1, 0.15) is 6.10 Å². The molecule has 2 amide bonds. The van der Waals surface area contributed by atoms with Crippen molar-refractivity contribution in [2.75, 3.05) is 6.54 Å². The monoisotopic (exact) mass is 375 g/mol. The van der Waals surface area contributed by atoms with E-state index in [-0.39, 0.29) is 25.8 Å². The van der Waals surface area contributed by atoms with Crippen molar-refractivity contribution in [3.05, 3.63) is 10.4 Å². The Balaban J connectivity index is 2.87. The Hall–Kier alpha value is -2.17. The smallest absolute Gasteiger partial charge is 0.534 e. The molecule has 11 nitrogen and oxygen atoms in total. The summed E-state index contributed by atoms with van der Waals surface area (Å²) in [7, 11) is 0. The summed E-state index contributed by atoms with van der Waals surface area (Å²) in [6, 6.07) is 0. The van der Waals surface area contributed by atoms with Crippen molar-refractivity contribution in [1.82, 2.24) is 5.06 Å². The zero-order valence-corrected chi connectivity index (χ0v) is 14.9. The van der Waals surface area contributed by atoms with E-state index in [9.17, 15) is 23.1 Å². The zero-order valence-electron chi connectivity index (χ0n) is 14.0. The highest BCUT2D eigenvalue weighted by molar-refractivity contribution is 7.79. The molecular weight excluding hydrogens is 356 g/mol. The maximum Gasteiger partial charge on any atom is 0.534 e. The highest BCUT2D eigenvalue weighted by atomic mass is 32.2. The molecule has 12 heteroatoms. The number of imide groups is 1. The molecule has 140 valence electrons. The molecule has 0 N–H and O–H groups in total. The summed E-state index contributed by atoms with van der Waals surface area (Å²) < 4.78 is 27.7. The second kappa shape index (κ2) is 8.79. The van der Waals surface area contributed by atoms with Gasteiger partial charge in [0.15, 0.2) is 0 Å². The van der Waals surface area contributed by atoms with Crippen LogP contribution in [0.1, 0.15) is 40.0 Å². The van der Waals surface area contributed by atoms with E-state index >= 15 is 0 Å². The normalized spacial score (nSPS) is 18.3. The van der Waals surface area contributed by atoms with E-state index in [4.69, 9.17) is 10.3 Å². The largest absolute Gasteiger partial charge is 0.772 e. The van der Waals surface area contributed by atoms with Gasteiger partial charge in [0.25, 0.3) is 11.8 Å². The Morgan fingerprint density at radius 1 is 1.44 bits per heavy atom. The van der Waals surface area contributed by atoms with Gasteiger partial charge in [-0.1, -0.05) is 24.0 Å². The molecule has 0 aromatic rings. The Labute approximate surface area is 146 Å². The lowest BCUT2D eigenvalue weighted by atomic mass is 9.81. The van der Waals surface area contributed by atoms with Gasteiger partial charge in [0, 0.05) is 29.7 Å². The van der Waals surface area contributed by atoms with Crippen LogP contribution in [-0.4, -0.2) is 49.7 Å². The first kappa shape index (κ1) is 20.9. The second-order valence-corrected chi connectivity index (χ2v) is 7.38. The van der Waals surface area contributed by atoms with Crippen LogP contribution in [0.5, 0.6) is 0 Å². The van der Waals surface area contributed by atoms with Crippen LogP contribution in [0, 0.1) is 5.41 Å². The number of hydrogen-bond acceptors (Lipinski definition) is 8. The number of hydrogen-bond donors (Lipinski definition) is 0. The van der Waals surface area contributed by atoms with Crippen molar-refractivity contribution in [3.63, 3.8) is 0 Å². The molecule has 0 radical (unpaired) electrons. The molecule has 0 aromatic carbocycles. The number of carbonyl (C=O) groups is 3. The fourth-order valence-corrected chi connectivity index (χ4v) is 3.00. The van der Waals surface area contributed by atoms with Gasteiger partial charge in [-0.25, -0.2) is 4.79 Å². The molecule has 0 aromatic heterocycles. The molecule has 1 heterocycles. The zero-order chi connectivity index (χ0) is 19.2.